The summed E-state index contributed by atoms with van der Waals surface area (Å²) < 4.78 is 73.9. The van der Waals surface area contributed by atoms with Crippen LogP contribution >= 0.6 is 0 Å². The number of amides is 1. The van der Waals surface area contributed by atoms with E-state index in [0.29, 0.717) is 5.56 Å². The second kappa shape index (κ2) is 9.48. The molecule has 3 aromatic rings. The highest BCUT2D eigenvalue weighted by molar-refractivity contribution is 7.90. The minimum absolute atomic E-state index is 0. The lowest BCUT2D eigenvalue weighted by Crippen LogP contribution is -2.62. The van der Waals surface area contributed by atoms with Crippen molar-refractivity contribution in [2.24, 2.45) is 0 Å². The van der Waals surface area contributed by atoms with Crippen molar-refractivity contribution >= 4 is 27.6 Å². The van der Waals surface area contributed by atoms with E-state index in [4.69, 9.17) is 9.47 Å². The molecule has 2 fully saturated rings. The van der Waals surface area contributed by atoms with Crippen LogP contribution in [0.25, 0.3) is 11.1 Å². The molecular formula is C23H24F2N4O6S. The van der Waals surface area contributed by atoms with Gasteiger partial charge in [-0.25, -0.2) is 8.78 Å². The monoisotopic (exact) mass is 522 g/mol. The number of aromatic nitrogens is 1. The fraction of sp³-hybridized carbons (Fsp3) is 0.304. The van der Waals surface area contributed by atoms with Gasteiger partial charge in [-0.3, -0.25) is 9.52 Å². The van der Waals surface area contributed by atoms with Gasteiger partial charge in [0.15, 0.2) is 5.82 Å². The van der Waals surface area contributed by atoms with Gasteiger partial charge in [-0.15, -0.1) is 0 Å². The summed E-state index contributed by atoms with van der Waals surface area (Å²) in [5.41, 5.74) is 0.629. The fourth-order valence-electron chi connectivity index (χ4n) is 4.53. The molecule has 0 aliphatic carbocycles. The minimum atomic E-state index is -3.95. The van der Waals surface area contributed by atoms with Gasteiger partial charge < -0.3 is 18.9 Å². The lowest BCUT2D eigenvalue weighted by molar-refractivity contribution is -0.134. The molecule has 0 bridgehead atoms. The van der Waals surface area contributed by atoms with Crippen LogP contribution < -0.4 is 14.4 Å². The zero-order chi connectivity index (χ0) is 25.4. The van der Waals surface area contributed by atoms with Crippen molar-refractivity contribution in [3.63, 3.8) is 0 Å². The number of piperidine rings is 1. The second-order valence-electron chi connectivity index (χ2n) is 8.33. The molecule has 36 heavy (non-hydrogen) atoms. The van der Waals surface area contributed by atoms with Crippen molar-refractivity contribution < 1.29 is 37.4 Å². The number of hydrogen-bond donors (Lipinski definition) is 1. The van der Waals surface area contributed by atoms with Crippen molar-refractivity contribution in [3.05, 3.63) is 60.4 Å². The van der Waals surface area contributed by atoms with E-state index in [2.05, 4.69) is 14.4 Å². The van der Waals surface area contributed by atoms with Crippen molar-refractivity contribution in [1.29, 1.82) is 0 Å². The molecule has 2 aromatic carbocycles. The number of nitrogens with one attached hydrogen (secondary N) is 1. The third kappa shape index (κ3) is 4.52. The average Bonchev–Trinajstić information content (AvgIpc) is 3.36. The van der Waals surface area contributed by atoms with Gasteiger partial charge in [-0.1, -0.05) is 17.3 Å². The summed E-state index contributed by atoms with van der Waals surface area (Å²) >= 11 is 0. The van der Waals surface area contributed by atoms with Crippen molar-refractivity contribution in [2.45, 2.75) is 18.6 Å². The summed E-state index contributed by atoms with van der Waals surface area (Å²) in [5.74, 6) is -1.33. The second-order valence-corrected chi connectivity index (χ2v) is 10.0. The van der Waals surface area contributed by atoms with E-state index in [-0.39, 0.29) is 50.4 Å². The van der Waals surface area contributed by atoms with Gasteiger partial charge in [0.1, 0.15) is 30.3 Å². The molecule has 0 spiro atoms. The van der Waals surface area contributed by atoms with Crippen LogP contribution in [0.3, 0.4) is 0 Å². The maximum Gasteiger partial charge on any atom is 0.302 e. The third-order valence-electron chi connectivity index (χ3n) is 6.18. The van der Waals surface area contributed by atoms with Gasteiger partial charge >= 0.3 is 10.2 Å². The lowest BCUT2D eigenvalue weighted by atomic mass is 9.97. The predicted octanol–water partition coefficient (Wildman–Crippen LogP) is 3.04. The molecule has 3 heterocycles. The summed E-state index contributed by atoms with van der Waals surface area (Å²) in [5, 5.41) is 3.55. The van der Waals surface area contributed by atoms with Gasteiger partial charge in [-0.05, 0) is 30.2 Å². The Kier molecular flexibility index (Phi) is 6.36. The van der Waals surface area contributed by atoms with Crippen LogP contribution in [0.5, 0.6) is 5.75 Å². The summed E-state index contributed by atoms with van der Waals surface area (Å²) in [7, 11) is -2.56. The third-order valence-corrected chi connectivity index (χ3v) is 7.66. The number of morpholine rings is 1. The normalized spacial score (nSPS) is 20.8. The van der Waals surface area contributed by atoms with E-state index >= 15 is 4.39 Å². The molecule has 1 amide bonds. The number of halogens is 2. The molecule has 2 aliphatic heterocycles. The van der Waals surface area contributed by atoms with E-state index in [0.717, 1.165) is 0 Å². The minimum Gasteiger partial charge on any atom is -0.495 e. The van der Waals surface area contributed by atoms with Gasteiger partial charge in [0.25, 0.3) is 5.91 Å². The number of nitrogens with zero attached hydrogens (tertiary/aromatic N) is 3. The number of anilines is 2. The summed E-state index contributed by atoms with van der Waals surface area (Å²) in [4.78, 5) is 14.3. The van der Waals surface area contributed by atoms with Crippen LogP contribution in [0.1, 0.15) is 7.85 Å². The quantitative estimate of drug-likeness (QED) is 0.529. The largest absolute Gasteiger partial charge is 0.495 e. The molecule has 13 heteroatoms. The highest BCUT2D eigenvalue weighted by Crippen LogP contribution is 2.39. The number of carbonyl (C=O) groups excluding carboxylic acids is 1. The first-order valence-electron chi connectivity index (χ1n) is 11.0. The average molecular weight is 523 g/mol. The molecule has 1 aromatic heterocycles. The first-order valence-corrected chi connectivity index (χ1v) is 12.5. The molecule has 5 rings (SSSR count). The first-order chi connectivity index (χ1) is 17.3. The van der Waals surface area contributed by atoms with E-state index in [1.165, 1.54) is 59.0 Å². The molecule has 2 atom stereocenters. The molecule has 0 radical (unpaired) electrons. The van der Waals surface area contributed by atoms with Gasteiger partial charge in [-0.2, -0.15) is 12.7 Å². The number of fused-ring (bicyclic) bond motifs is 1. The Hall–Kier alpha value is -3.55. The van der Waals surface area contributed by atoms with E-state index in [1.54, 1.807) is 6.07 Å². The smallest absolute Gasteiger partial charge is 0.302 e. The number of ether oxygens (including phenoxy) is 2. The maximum absolute atomic E-state index is 15.2. The molecule has 0 unspecified atom stereocenters. The van der Waals surface area contributed by atoms with Gasteiger partial charge in [0.2, 0.25) is 0 Å². The Bertz CT molecular complexity index is 1390. The van der Waals surface area contributed by atoms with E-state index in [9.17, 15) is 17.6 Å². The zero-order valence-corrected chi connectivity index (χ0v) is 19.9. The Balaban J connectivity index is 0.00000320. The lowest BCUT2D eigenvalue weighted by Gasteiger charge is -2.46. The Morgan fingerprint density at radius 2 is 2.06 bits per heavy atom. The first kappa shape index (κ1) is 24.2. The number of rotatable bonds is 6. The Morgan fingerprint density at radius 1 is 1.22 bits per heavy atom. The van der Waals surface area contributed by atoms with E-state index < -0.39 is 39.9 Å². The predicted molar refractivity (Wildman–Crippen MR) is 127 cm³/mol. The molecule has 2 aliphatic rings. The molecular weight excluding hydrogens is 498 g/mol. The van der Waals surface area contributed by atoms with Crippen molar-refractivity contribution in [2.75, 3.05) is 36.4 Å². The number of benzene rings is 2. The van der Waals surface area contributed by atoms with Gasteiger partial charge in [0.05, 0.1) is 24.9 Å². The van der Waals surface area contributed by atoms with Crippen LogP contribution in [0.15, 0.2) is 53.3 Å². The SMILES string of the molecule is COc1cc(-c2cccc(F)c2)c(F)cc1N1C(=O)CO[C@@H]2CN(S(=O)(=O)Nc3ccon3)CC[C@H]21.[HH]. The fourth-order valence-corrected chi connectivity index (χ4v) is 5.72. The highest BCUT2D eigenvalue weighted by atomic mass is 32.2. The zero-order valence-electron chi connectivity index (χ0n) is 19.1. The molecule has 192 valence electrons. The maximum atomic E-state index is 15.2. The highest BCUT2D eigenvalue weighted by Gasteiger charge is 2.44. The Labute approximate surface area is 207 Å². The number of methoxy groups -OCH3 is 1. The van der Waals surface area contributed by atoms with Crippen molar-refractivity contribution in [3.8, 4) is 16.9 Å². The summed E-state index contributed by atoms with van der Waals surface area (Å²) in [6, 6.07) is 8.91. The van der Waals surface area contributed by atoms with Crippen LogP contribution in [0, 0.1) is 11.6 Å². The van der Waals surface area contributed by atoms with Crippen LogP contribution in [-0.2, 0) is 19.7 Å². The van der Waals surface area contributed by atoms with Crippen LogP contribution in [0.4, 0.5) is 20.3 Å². The summed E-state index contributed by atoms with van der Waals surface area (Å²) in [6.07, 6.45) is 0.803. The number of hydrogen-bond acceptors (Lipinski definition) is 7. The Morgan fingerprint density at radius 3 is 2.78 bits per heavy atom. The number of carbonyl (C=O) groups is 1. The van der Waals surface area contributed by atoms with E-state index in [1.807, 2.05) is 0 Å². The molecule has 0 saturated carbocycles. The molecule has 1 N–H and O–H groups in total. The van der Waals surface area contributed by atoms with Crippen LogP contribution in [-0.4, -0.2) is 62.7 Å². The molecule has 2 saturated heterocycles. The molecule has 10 nitrogen and oxygen atoms in total. The topological polar surface area (TPSA) is 114 Å². The van der Waals surface area contributed by atoms with Gasteiger partial charge in [0, 0.05) is 32.2 Å². The summed E-state index contributed by atoms with van der Waals surface area (Å²) in [6.45, 7) is -0.274. The standard InChI is InChI=1S/C23H22F2N4O6S.H2/c1-33-20-10-16(14-3-2-4-15(24)9-14)17(25)11-19(20)29-18-5-7-28(12-21(18)34-13-23(29)30)36(31,32)27-22-6-8-35-26-22;/h2-4,6,8-11,18,21H,5,7,12-13H2,1H3,(H,26,27);1H/t18-,21-;/m1./s1. The van der Waals surface area contributed by atoms with Crippen molar-refractivity contribution in [1.82, 2.24) is 9.46 Å². The van der Waals surface area contributed by atoms with Crippen LogP contribution in [0.2, 0.25) is 0 Å².